The van der Waals surface area contributed by atoms with Crippen LogP contribution in [-0.4, -0.2) is 61.5 Å². The van der Waals surface area contributed by atoms with Crippen molar-refractivity contribution in [2.24, 2.45) is 0 Å². The number of hydrogen-bond donors (Lipinski definition) is 2. The minimum absolute atomic E-state index is 0.0959. The van der Waals surface area contributed by atoms with Crippen LogP contribution in [0.25, 0.3) is 0 Å². The summed E-state index contributed by atoms with van der Waals surface area (Å²) in [7, 11) is 4.11. The predicted molar refractivity (Wildman–Crippen MR) is 67.7 cm³/mol. The van der Waals surface area contributed by atoms with Crippen LogP contribution in [0.5, 0.6) is 0 Å². The Labute approximate surface area is 100.0 Å². The van der Waals surface area contributed by atoms with E-state index in [9.17, 15) is 5.11 Å². The van der Waals surface area contributed by atoms with E-state index < -0.39 is 6.10 Å². The first kappa shape index (κ1) is 15.8. The van der Waals surface area contributed by atoms with Gasteiger partial charge in [0, 0.05) is 18.6 Å². The Morgan fingerprint density at radius 2 is 1.88 bits per heavy atom. The maximum atomic E-state index is 9.63. The van der Waals surface area contributed by atoms with Crippen molar-refractivity contribution >= 4 is 0 Å². The summed E-state index contributed by atoms with van der Waals surface area (Å²) in [5.41, 5.74) is 0.0959. The third-order valence-corrected chi connectivity index (χ3v) is 2.77. The van der Waals surface area contributed by atoms with Crippen LogP contribution in [0.4, 0.5) is 0 Å². The molecule has 0 aromatic rings. The van der Waals surface area contributed by atoms with E-state index in [4.69, 9.17) is 4.74 Å². The fourth-order valence-electron chi connectivity index (χ4n) is 1.07. The van der Waals surface area contributed by atoms with Gasteiger partial charge in [-0.2, -0.15) is 0 Å². The standard InChI is InChI=1S/C12H28N2O2/c1-10(2)16-8-11(15)7-13-9-12(3,4)14(5)6/h10-11,13,15H,7-9H2,1-6H3. The third-order valence-electron chi connectivity index (χ3n) is 2.77. The van der Waals surface area contributed by atoms with Gasteiger partial charge in [-0.1, -0.05) is 0 Å². The van der Waals surface area contributed by atoms with Gasteiger partial charge in [0.15, 0.2) is 0 Å². The van der Waals surface area contributed by atoms with Crippen LogP contribution in [0.3, 0.4) is 0 Å². The highest BCUT2D eigenvalue weighted by molar-refractivity contribution is 4.80. The summed E-state index contributed by atoms with van der Waals surface area (Å²) in [5.74, 6) is 0. The number of aliphatic hydroxyl groups is 1. The lowest BCUT2D eigenvalue weighted by molar-refractivity contribution is 0.00536. The van der Waals surface area contributed by atoms with Gasteiger partial charge in [0.1, 0.15) is 0 Å². The highest BCUT2D eigenvalue weighted by atomic mass is 16.5. The number of nitrogens with zero attached hydrogens (tertiary/aromatic N) is 1. The fourth-order valence-corrected chi connectivity index (χ4v) is 1.07. The summed E-state index contributed by atoms with van der Waals surface area (Å²) in [6, 6.07) is 0. The second-order valence-corrected chi connectivity index (χ2v) is 5.37. The van der Waals surface area contributed by atoms with Gasteiger partial charge >= 0.3 is 0 Å². The van der Waals surface area contributed by atoms with Crippen molar-refractivity contribution in [1.82, 2.24) is 10.2 Å². The largest absolute Gasteiger partial charge is 0.389 e. The Morgan fingerprint density at radius 3 is 2.31 bits per heavy atom. The van der Waals surface area contributed by atoms with E-state index in [0.29, 0.717) is 13.2 Å². The molecule has 4 heteroatoms. The smallest absolute Gasteiger partial charge is 0.0897 e. The maximum Gasteiger partial charge on any atom is 0.0897 e. The molecule has 4 nitrogen and oxygen atoms in total. The Balaban J connectivity index is 3.65. The van der Waals surface area contributed by atoms with Gasteiger partial charge in [0.25, 0.3) is 0 Å². The zero-order valence-electron chi connectivity index (χ0n) is 11.6. The molecule has 98 valence electrons. The Hall–Kier alpha value is -0.160. The molecule has 1 atom stereocenters. The molecule has 0 saturated carbocycles. The van der Waals surface area contributed by atoms with Gasteiger partial charge in [0.2, 0.25) is 0 Å². The van der Waals surface area contributed by atoms with Crippen molar-refractivity contribution in [2.75, 3.05) is 33.8 Å². The predicted octanol–water partition coefficient (Wildman–Crippen LogP) is 0.702. The van der Waals surface area contributed by atoms with Crippen LogP contribution in [0, 0.1) is 0 Å². The molecule has 0 amide bonds. The van der Waals surface area contributed by atoms with Crippen molar-refractivity contribution in [3.63, 3.8) is 0 Å². The molecule has 1 unspecified atom stereocenters. The highest BCUT2D eigenvalue weighted by Crippen LogP contribution is 2.07. The summed E-state index contributed by atoms with van der Waals surface area (Å²) in [6.07, 6.45) is -0.256. The molecule has 0 rings (SSSR count). The second-order valence-electron chi connectivity index (χ2n) is 5.37. The lowest BCUT2D eigenvalue weighted by Crippen LogP contribution is -2.48. The van der Waals surface area contributed by atoms with Crippen molar-refractivity contribution < 1.29 is 9.84 Å². The quantitative estimate of drug-likeness (QED) is 0.647. The third kappa shape index (κ3) is 7.17. The van der Waals surface area contributed by atoms with Crippen LogP contribution in [0.15, 0.2) is 0 Å². The van der Waals surface area contributed by atoms with Crippen molar-refractivity contribution in [3.05, 3.63) is 0 Å². The molecule has 0 bridgehead atoms. The average molecular weight is 232 g/mol. The van der Waals surface area contributed by atoms with E-state index in [1.54, 1.807) is 0 Å². The molecule has 0 aliphatic heterocycles. The molecule has 2 N–H and O–H groups in total. The van der Waals surface area contributed by atoms with Crippen LogP contribution in [-0.2, 0) is 4.74 Å². The molecule has 0 aliphatic rings. The number of ether oxygens (including phenoxy) is 1. The molecule has 0 spiro atoms. The summed E-state index contributed by atoms with van der Waals surface area (Å²) in [6.45, 7) is 10.1. The monoisotopic (exact) mass is 232 g/mol. The lowest BCUT2D eigenvalue weighted by Gasteiger charge is -2.33. The minimum atomic E-state index is -0.430. The number of aliphatic hydroxyl groups excluding tert-OH is 1. The summed E-state index contributed by atoms with van der Waals surface area (Å²) < 4.78 is 5.33. The van der Waals surface area contributed by atoms with Gasteiger partial charge in [-0.15, -0.1) is 0 Å². The van der Waals surface area contributed by atoms with Gasteiger partial charge in [-0.05, 0) is 41.8 Å². The number of rotatable bonds is 8. The first-order chi connectivity index (χ1) is 7.25. The molecule has 0 saturated heterocycles. The van der Waals surface area contributed by atoms with E-state index in [1.165, 1.54) is 0 Å². The summed E-state index contributed by atoms with van der Waals surface area (Å²) in [4.78, 5) is 2.16. The Kier molecular flexibility index (Phi) is 7.15. The number of likely N-dealkylation sites (N-methyl/N-ethyl adjacent to an activating group) is 1. The summed E-state index contributed by atoms with van der Waals surface area (Å²) >= 11 is 0. The molecule has 0 radical (unpaired) electrons. The van der Waals surface area contributed by atoms with Gasteiger partial charge in [-0.25, -0.2) is 0 Å². The molecule has 0 aliphatic carbocycles. The van der Waals surface area contributed by atoms with Crippen molar-refractivity contribution in [1.29, 1.82) is 0 Å². The molecular formula is C12H28N2O2. The van der Waals surface area contributed by atoms with Crippen molar-refractivity contribution in [3.8, 4) is 0 Å². The van der Waals surface area contributed by atoms with Gasteiger partial charge in [-0.3, -0.25) is 0 Å². The van der Waals surface area contributed by atoms with Gasteiger partial charge in [0.05, 0.1) is 18.8 Å². The fraction of sp³-hybridized carbons (Fsp3) is 1.00. The zero-order valence-corrected chi connectivity index (χ0v) is 11.6. The summed E-state index contributed by atoms with van der Waals surface area (Å²) in [5, 5.41) is 12.9. The van der Waals surface area contributed by atoms with Crippen LogP contribution in [0.2, 0.25) is 0 Å². The van der Waals surface area contributed by atoms with E-state index in [0.717, 1.165) is 6.54 Å². The first-order valence-corrected chi connectivity index (χ1v) is 5.93. The van der Waals surface area contributed by atoms with Crippen LogP contribution in [0.1, 0.15) is 27.7 Å². The Bertz CT molecular complexity index is 182. The van der Waals surface area contributed by atoms with E-state index in [-0.39, 0.29) is 11.6 Å². The molecule has 0 aromatic carbocycles. The minimum Gasteiger partial charge on any atom is -0.389 e. The van der Waals surface area contributed by atoms with Crippen molar-refractivity contribution in [2.45, 2.75) is 45.4 Å². The Morgan fingerprint density at radius 1 is 1.31 bits per heavy atom. The first-order valence-electron chi connectivity index (χ1n) is 5.93. The highest BCUT2D eigenvalue weighted by Gasteiger charge is 2.19. The van der Waals surface area contributed by atoms with Crippen LogP contribution < -0.4 is 5.32 Å². The topological polar surface area (TPSA) is 44.7 Å². The molecule has 0 heterocycles. The SMILES string of the molecule is CC(C)OCC(O)CNCC(C)(C)N(C)C. The number of nitrogens with one attached hydrogen (secondary N) is 1. The second kappa shape index (κ2) is 7.22. The van der Waals surface area contributed by atoms with Crippen LogP contribution >= 0.6 is 0 Å². The maximum absolute atomic E-state index is 9.63. The lowest BCUT2D eigenvalue weighted by atomic mass is 10.0. The number of hydrogen-bond acceptors (Lipinski definition) is 4. The normalized spacial score (nSPS) is 14.8. The average Bonchev–Trinajstić information content (AvgIpc) is 2.14. The molecule has 0 fully saturated rings. The zero-order chi connectivity index (χ0) is 12.8. The molecule has 0 aromatic heterocycles. The van der Waals surface area contributed by atoms with E-state index in [2.05, 4.69) is 38.2 Å². The van der Waals surface area contributed by atoms with E-state index >= 15 is 0 Å². The molecule has 16 heavy (non-hydrogen) atoms. The van der Waals surface area contributed by atoms with E-state index in [1.807, 2.05) is 13.8 Å². The molecular weight excluding hydrogens is 204 g/mol. The van der Waals surface area contributed by atoms with Gasteiger partial charge < -0.3 is 20.1 Å².